The van der Waals surface area contributed by atoms with Crippen LogP contribution in [0.25, 0.3) is 0 Å². The molecule has 22 heavy (non-hydrogen) atoms. The molecule has 0 aliphatic carbocycles. The molecule has 0 aliphatic heterocycles. The summed E-state index contributed by atoms with van der Waals surface area (Å²) < 4.78 is 9.66. The molecule has 0 spiro atoms. The number of rotatable bonds is 11. The van der Waals surface area contributed by atoms with E-state index in [1.807, 2.05) is 0 Å². The SMILES string of the molecule is CCOC(=O)CCCC/C(CCC(=O)OCC)=N\NC(N)=O. The number of amides is 2. The third kappa shape index (κ3) is 11.7. The predicted molar refractivity (Wildman–Crippen MR) is 81.1 cm³/mol. The fourth-order valence-corrected chi connectivity index (χ4v) is 1.68. The van der Waals surface area contributed by atoms with Gasteiger partial charge in [-0.3, -0.25) is 9.59 Å². The summed E-state index contributed by atoms with van der Waals surface area (Å²) in [7, 11) is 0. The van der Waals surface area contributed by atoms with E-state index in [1.165, 1.54) is 0 Å². The predicted octanol–water partition coefficient (Wildman–Crippen LogP) is 1.48. The highest BCUT2D eigenvalue weighted by Crippen LogP contribution is 2.07. The van der Waals surface area contributed by atoms with Gasteiger partial charge in [-0.2, -0.15) is 5.10 Å². The largest absolute Gasteiger partial charge is 0.466 e. The van der Waals surface area contributed by atoms with Gasteiger partial charge in [-0.05, 0) is 39.5 Å². The Labute approximate surface area is 130 Å². The molecule has 0 aromatic heterocycles. The molecular formula is C14H25N3O5. The molecule has 8 heteroatoms. The van der Waals surface area contributed by atoms with E-state index < -0.39 is 6.03 Å². The molecule has 2 amide bonds. The van der Waals surface area contributed by atoms with Crippen molar-refractivity contribution in [2.45, 2.75) is 52.4 Å². The maximum Gasteiger partial charge on any atom is 0.332 e. The first-order chi connectivity index (χ1) is 10.5. The Balaban J connectivity index is 4.18. The standard InChI is InChI=1S/C14H25N3O5/c1-3-21-12(18)8-6-5-7-11(16-17-14(15)20)9-10-13(19)22-4-2/h3-10H2,1-2H3,(H3,15,17,20)/b16-11+. The van der Waals surface area contributed by atoms with Gasteiger partial charge < -0.3 is 15.2 Å². The molecular weight excluding hydrogens is 290 g/mol. The first kappa shape index (κ1) is 19.9. The van der Waals surface area contributed by atoms with Gasteiger partial charge in [0.1, 0.15) is 0 Å². The van der Waals surface area contributed by atoms with Crippen molar-refractivity contribution in [1.29, 1.82) is 0 Å². The van der Waals surface area contributed by atoms with E-state index in [1.54, 1.807) is 13.8 Å². The number of hydrogen-bond donors (Lipinski definition) is 2. The molecule has 3 N–H and O–H groups in total. The monoisotopic (exact) mass is 315 g/mol. The number of hydrogen-bond acceptors (Lipinski definition) is 6. The van der Waals surface area contributed by atoms with Crippen molar-refractivity contribution in [2.24, 2.45) is 10.8 Å². The number of carbonyl (C=O) groups is 3. The molecule has 126 valence electrons. The van der Waals surface area contributed by atoms with E-state index in [-0.39, 0.29) is 18.4 Å². The zero-order valence-corrected chi connectivity index (χ0v) is 13.2. The summed E-state index contributed by atoms with van der Waals surface area (Å²) in [4.78, 5) is 33.2. The molecule has 0 radical (unpaired) electrons. The highest BCUT2D eigenvalue weighted by Gasteiger charge is 2.08. The molecule has 0 saturated carbocycles. The van der Waals surface area contributed by atoms with Crippen LogP contribution in [0.5, 0.6) is 0 Å². The smallest absolute Gasteiger partial charge is 0.332 e. The summed E-state index contributed by atoms with van der Waals surface area (Å²) in [6, 6.07) is -0.764. The molecule has 0 saturated heterocycles. The molecule has 0 bridgehead atoms. The molecule has 0 aromatic carbocycles. The Morgan fingerprint density at radius 2 is 1.45 bits per heavy atom. The highest BCUT2D eigenvalue weighted by molar-refractivity contribution is 5.88. The van der Waals surface area contributed by atoms with Crippen LogP contribution in [0, 0.1) is 0 Å². The van der Waals surface area contributed by atoms with Crippen LogP contribution < -0.4 is 11.2 Å². The van der Waals surface area contributed by atoms with Crippen LogP contribution in [-0.4, -0.2) is 36.9 Å². The van der Waals surface area contributed by atoms with Gasteiger partial charge in [0.15, 0.2) is 0 Å². The second-order valence-corrected chi connectivity index (χ2v) is 4.47. The van der Waals surface area contributed by atoms with Crippen molar-refractivity contribution in [2.75, 3.05) is 13.2 Å². The number of esters is 2. The van der Waals surface area contributed by atoms with Gasteiger partial charge in [-0.1, -0.05) is 0 Å². The number of nitrogens with zero attached hydrogens (tertiary/aromatic N) is 1. The van der Waals surface area contributed by atoms with Crippen molar-refractivity contribution < 1.29 is 23.9 Å². The lowest BCUT2D eigenvalue weighted by atomic mass is 10.1. The zero-order valence-electron chi connectivity index (χ0n) is 13.2. The highest BCUT2D eigenvalue weighted by atomic mass is 16.5. The molecule has 0 aromatic rings. The lowest BCUT2D eigenvalue weighted by Crippen LogP contribution is -2.26. The number of unbranched alkanes of at least 4 members (excludes halogenated alkanes) is 1. The van der Waals surface area contributed by atoms with Gasteiger partial charge in [0, 0.05) is 12.1 Å². The van der Waals surface area contributed by atoms with Crippen LogP contribution in [0.3, 0.4) is 0 Å². The Bertz CT molecular complexity index is 396. The van der Waals surface area contributed by atoms with E-state index in [9.17, 15) is 14.4 Å². The van der Waals surface area contributed by atoms with Crippen molar-refractivity contribution in [3.05, 3.63) is 0 Å². The lowest BCUT2D eigenvalue weighted by Gasteiger charge is -2.07. The summed E-state index contributed by atoms with van der Waals surface area (Å²) in [5, 5.41) is 3.88. The van der Waals surface area contributed by atoms with Crippen molar-refractivity contribution in [3.8, 4) is 0 Å². The van der Waals surface area contributed by atoms with E-state index in [0.717, 1.165) is 0 Å². The minimum absolute atomic E-state index is 0.186. The topological polar surface area (TPSA) is 120 Å². The number of carbonyl (C=O) groups excluding carboxylic acids is 3. The molecule has 0 aliphatic rings. The Morgan fingerprint density at radius 3 is 2.00 bits per heavy atom. The second kappa shape index (κ2) is 12.6. The number of primary amides is 1. The Hall–Kier alpha value is -2.12. The summed E-state index contributed by atoms with van der Waals surface area (Å²) >= 11 is 0. The minimum atomic E-state index is -0.764. The van der Waals surface area contributed by atoms with Gasteiger partial charge in [0.05, 0.1) is 19.6 Å². The van der Waals surface area contributed by atoms with Crippen LogP contribution >= 0.6 is 0 Å². The number of hydrazone groups is 1. The first-order valence-corrected chi connectivity index (χ1v) is 7.41. The average Bonchev–Trinajstić information content (AvgIpc) is 2.45. The van der Waals surface area contributed by atoms with Crippen molar-refractivity contribution in [1.82, 2.24) is 5.43 Å². The fourth-order valence-electron chi connectivity index (χ4n) is 1.68. The maximum atomic E-state index is 11.3. The Morgan fingerprint density at radius 1 is 0.909 bits per heavy atom. The average molecular weight is 315 g/mol. The minimum Gasteiger partial charge on any atom is -0.466 e. The molecule has 0 atom stereocenters. The molecule has 8 nitrogen and oxygen atoms in total. The van der Waals surface area contributed by atoms with Gasteiger partial charge in [0.25, 0.3) is 0 Å². The normalized spacial score (nSPS) is 10.9. The summed E-state index contributed by atoms with van der Waals surface area (Å²) in [6.07, 6.45) is 2.79. The zero-order chi connectivity index (χ0) is 16.8. The van der Waals surface area contributed by atoms with E-state index >= 15 is 0 Å². The Kier molecular flexibility index (Phi) is 11.4. The van der Waals surface area contributed by atoms with Gasteiger partial charge in [-0.25, -0.2) is 10.2 Å². The van der Waals surface area contributed by atoms with Crippen LogP contribution in [0.1, 0.15) is 52.4 Å². The van der Waals surface area contributed by atoms with Gasteiger partial charge in [-0.15, -0.1) is 0 Å². The quantitative estimate of drug-likeness (QED) is 0.259. The summed E-state index contributed by atoms with van der Waals surface area (Å²) in [6.45, 7) is 4.18. The third-order valence-electron chi connectivity index (χ3n) is 2.65. The van der Waals surface area contributed by atoms with Gasteiger partial charge >= 0.3 is 18.0 Å². The molecule has 0 heterocycles. The number of ether oxygens (including phenoxy) is 2. The van der Waals surface area contributed by atoms with Crippen LogP contribution in [0.2, 0.25) is 0 Å². The molecule has 0 unspecified atom stereocenters. The second-order valence-electron chi connectivity index (χ2n) is 4.47. The van der Waals surface area contributed by atoms with Crippen LogP contribution in [-0.2, 0) is 19.1 Å². The first-order valence-electron chi connectivity index (χ1n) is 7.41. The van der Waals surface area contributed by atoms with E-state index in [4.69, 9.17) is 15.2 Å². The van der Waals surface area contributed by atoms with Crippen molar-refractivity contribution in [3.63, 3.8) is 0 Å². The lowest BCUT2D eigenvalue weighted by molar-refractivity contribution is -0.144. The van der Waals surface area contributed by atoms with Crippen LogP contribution in [0.4, 0.5) is 4.79 Å². The van der Waals surface area contributed by atoms with E-state index in [0.29, 0.717) is 51.0 Å². The molecule has 0 fully saturated rings. The number of nitrogens with one attached hydrogen (secondary N) is 1. The van der Waals surface area contributed by atoms with Crippen LogP contribution in [0.15, 0.2) is 5.10 Å². The summed E-state index contributed by atoms with van der Waals surface area (Å²) in [5.74, 6) is -0.552. The third-order valence-corrected chi connectivity index (χ3v) is 2.65. The van der Waals surface area contributed by atoms with Gasteiger partial charge in [0.2, 0.25) is 0 Å². The fraction of sp³-hybridized carbons (Fsp3) is 0.714. The summed E-state index contributed by atoms with van der Waals surface area (Å²) in [5.41, 5.74) is 7.75. The van der Waals surface area contributed by atoms with Crippen molar-refractivity contribution >= 4 is 23.7 Å². The number of nitrogens with two attached hydrogens (primary N) is 1. The number of urea groups is 1. The van der Waals surface area contributed by atoms with E-state index in [2.05, 4.69) is 10.5 Å². The molecule has 0 rings (SSSR count). The maximum absolute atomic E-state index is 11.3.